The van der Waals surface area contributed by atoms with Crippen molar-refractivity contribution in [2.24, 2.45) is 0 Å². The quantitative estimate of drug-likeness (QED) is 0.701. The highest BCUT2D eigenvalue weighted by Crippen LogP contribution is 2.22. The molecule has 0 aliphatic heterocycles. The molecule has 1 aliphatic rings. The number of methoxy groups -OCH3 is 1. The molecule has 4 heteroatoms. The molecule has 0 amide bonds. The Bertz CT molecular complexity index is 220. The summed E-state index contributed by atoms with van der Waals surface area (Å²) in [4.78, 5) is 11.3. The van der Waals surface area contributed by atoms with Crippen molar-refractivity contribution in [3.05, 3.63) is 0 Å². The molecule has 1 saturated carbocycles. The summed E-state index contributed by atoms with van der Waals surface area (Å²) in [5.74, 6) is -0.130. The normalized spacial score (nSPS) is 26.7. The van der Waals surface area contributed by atoms with Gasteiger partial charge in [-0.1, -0.05) is 0 Å². The van der Waals surface area contributed by atoms with E-state index in [-0.39, 0.29) is 12.0 Å². The zero-order chi connectivity index (χ0) is 12.0. The number of ether oxygens (including phenoxy) is 2. The average Bonchev–Trinajstić information content (AvgIpc) is 2.65. The molecule has 3 atom stereocenters. The highest BCUT2D eigenvalue weighted by Gasteiger charge is 2.28. The van der Waals surface area contributed by atoms with E-state index in [1.807, 2.05) is 13.8 Å². The molecule has 3 unspecified atom stereocenters. The standard InChI is InChI=1S/C12H23NO3/c1-4-16-12(14)8-9(2)13-10-6-5-7-11(10)15-3/h9-11,13H,4-8H2,1-3H3. The van der Waals surface area contributed by atoms with Gasteiger partial charge in [-0.2, -0.15) is 0 Å². The van der Waals surface area contributed by atoms with Crippen LogP contribution in [0.25, 0.3) is 0 Å². The Kier molecular flexibility index (Phi) is 5.77. The minimum atomic E-state index is -0.130. The van der Waals surface area contributed by atoms with Crippen molar-refractivity contribution >= 4 is 5.97 Å². The lowest BCUT2D eigenvalue weighted by molar-refractivity contribution is -0.143. The van der Waals surface area contributed by atoms with Gasteiger partial charge in [0.1, 0.15) is 0 Å². The van der Waals surface area contributed by atoms with Gasteiger partial charge in [-0.3, -0.25) is 4.79 Å². The molecule has 16 heavy (non-hydrogen) atoms. The second-order valence-electron chi connectivity index (χ2n) is 4.39. The number of nitrogens with one attached hydrogen (secondary N) is 1. The van der Waals surface area contributed by atoms with Crippen LogP contribution in [0.15, 0.2) is 0 Å². The second kappa shape index (κ2) is 6.86. The smallest absolute Gasteiger partial charge is 0.307 e. The third-order valence-corrected chi connectivity index (χ3v) is 3.03. The van der Waals surface area contributed by atoms with Crippen LogP contribution >= 0.6 is 0 Å². The Morgan fingerprint density at radius 1 is 1.50 bits per heavy atom. The molecular weight excluding hydrogens is 206 g/mol. The summed E-state index contributed by atoms with van der Waals surface area (Å²) >= 11 is 0. The molecule has 4 nitrogen and oxygen atoms in total. The largest absolute Gasteiger partial charge is 0.466 e. The number of carbonyl (C=O) groups excluding carboxylic acids is 1. The van der Waals surface area contributed by atoms with Crippen LogP contribution in [0.4, 0.5) is 0 Å². The van der Waals surface area contributed by atoms with Crippen LogP contribution in [0.2, 0.25) is 0 Å². The van der Waals surface area contributed by atoms with Gasteiger partial charge in [0.05, 0.1) is 19.1 Å². The van der Waals surface area contributed by atoms with Crippen LogP contribution in [-0.2, 0) is 14.3 Å². The van der Waals surface area contributed by atoms with E-state index in [0.29, 0.717) is 25.2 Å². The summed E-state index contributed by atoms with van der Waals surface area (Å²) in [6.45, 7) is 4.30. The molecular formula is C12H23NO3. The summed E-state index contributed by atoms with van der Waals surface area (Å²) in [5.41, 5.74) is 0. The van der Waals surface area contributed by atoms with Crippen molar-refractivity contribution in [3.63, 3.8) is 0 Å². The lowest BCUT2D eigenvalue weighted by Crippen LogP contribution is -2.43. The highest BCUT2D eigenvalue weighted by atomic mass is 16.5. The number of rotatable bonds is 6. The van der Waals surface area contributed by atoms with Crippen molar-refractivity contribution in [1.82, 2.24) is 5.32 Å². The van der Waals surface area contributed by atoms with E-state index in [2.05, 4.69) is 5.32 Å². The predicted octanol–water partition coefficient (Wildman–Crippen LogP) is 1.49. The summed E-state index contributed by atoms with van der Waals surface area (Å²) in [6, 6.07) is 0.536. The van der Waals surface area contributed by atoms with Gasteiger partial charge in [0.25, 0.3) is 0 Å². The van der Waals surface area contributed by atoms with E-state index in [1.165, 1.54) is 6.42 Å². The first kappa shape index (κ1) is 13.5. The fraction of sp³-hybridized carbons (Fsp3) is 0.917. The van der Waals surface area contributed by atoms with Crippen molar-refractivity contribution in [1.29, 1.82) is 0 Å². The lowest BCUT2D eigenvalue weighted by atomic mass is 10.1. The molecule has 0 saturated heterocycles. The number of carbonyl (C=O) groups is 1. The first-order valence-electron chi connectivity index (χ1n) is 6.11. The zero-order valence-corrected chi connectivity index (χ0v) is 10.5. The van der Waals surface area contributed by atoms with E-state index in [1.54, 1.807) is 7.11 Å². The van der Waals surface area contributed by atoms with Crippen LogP contribution in [-0.4, -0.2) is 37.9 Å². The van der Waals surface area contributed by atoms with Crippen LogP contribution in [0.3, 0.4) is 0 Å². The SMILES string of the molecule is CCOC(=O)CC(C)NC1CCCC1OC. The van der Waals surface area contributed by atoms with Crippen LogP contribution in [0.1, 0.15) is 39.5 Å². The summed E-state index contributed by atoms with van der Waals surface area (Å²) in [6.07, 6.45) is 4.17. The van der Waals surface area contributed by atoms with Gasteiger partial charge in [-0.25, -0.2) is 0 Å². The molecule has 0 aromatic rings. The van der Waals surface area contributed by atoms with Gasteiger partial charge in [0.15, 0.2) is 0 Å². The summed E-state index contributed by atoms with van der Waals surface area (Å²) in [7, 11) is 1.75. The minimum Gasteiger partial charge on any atom is -0.466 e. The Morgan fingerprint density at radius 2 is 2.25 bits per heavy atom. The Balaban J connectivity index is 2.27. The van der Waals surface area contributed by atoms with Crippen LogP contribution < -0.4 is 5.32 Å². The maximum Gasteiger partial charge on any atom is 0.307 e. The second-order valence-corrected chi connectivity index (χ2v) is 4.39. The van der Waals surface area contributed by atoms with E-state index in [9.17, 15) is 4.79 Å². The fourth-order valence-corrected chi connectivity index (χ4v) is 2.29. The summed E-state index contributed by atoms with van der Waals surface area (Å²) < 4.78 is 10.3. The molecule has 0 aromatic heterocycles. The monoisotopic (exact) mass is 229 g/mol. The summed E-state index contributed by atoms with van der Waals surface area (Å²) in [5, 5.41) is 3.44. The minimum absolute atomic E-state index is 0.130. The molecule has 0 heterocycles. The number of hydrogen-bond donors (Lipinski definition) is 1. The fourth-order valence-electron chi connectivity index (χ4n) is 2.29. The lowest BCUT2D eigenvalue weighted by Gasteiger charge is -2.23. The van der Waals surface area contributed by atoms with Gasteiger partial charge >= 0.3 is 5.97 Å². The number of esters is 1. The molecule has 1 rings (SSSR count). The topological polar surface area (TPSA) is 47.6 Å². The maximum atomic E-state index is 11.3. The molecule has 0 radical (unpaired) electrons. The van der Waals surface area contributed by atoms with Gasteiger partial charge in [-0.05, 0) is 33.1 Å². The maximum absolute atomic E-state index is 11.3. The van der Waals surface area contributed by atoms with Crippen molar-refractivity contribution in [2.45, 2.75) is 57.7 Å². The Hall–Kier alpha value is -0.610. The molecule has 1 fully saturated rings. The molecule has 1 N–H and O–H groups in total. The molecule has 94 valence electrons. The van der Waals surface area contributed by atoms with Crippen molar-refractivity contribution < 1.29 is 14.3 Å². The first-order chi connectivity index (χ1) is 7.67. The Morgan fingerprint density at radius 3 is 2.88 bits per heavy atom. The van der Waals surface area contributed by atoms with E-state index >= 15 is 0 Å². The van der Waals surface area contributed by atoms with E-state index in [4.69, 9.17) is 9.47 Å². The third-order valence-electron chi connectivity index (χ3n) is 3.03. The molecule has 0 aromatic carbocycles. The van der Waals surface area contributed by atoms with Gasteiger partial charge in [-0.15, -0.1) is 0 Å². The zero-order valence-electron chi connectivity index (χ0n) is 10.5. The average molecular weight is 229 g/mol. The van der Waals surface area contributed by atoms with E-state index < -0.39 is 0 Å². The van der Waals surface area contributed by atoms with E-state index in [0.717, 1.165) is 12.8 Å². The molecule has 1 aliphatic carbocycles. The number of hydrogen-bond acceptors (Lipinski definition) is 4. The third kappa shape index (κ3) is 4.10. The van der Waals surface area contributed by atoms with Gasteiger partial charge in [0.2, 0.25) is 0 Å². The van der Waals surface area contributed by atoms with Crippen LogP contribution in [0.5, 0.6) is 0 Å². The van der Waals surface area contributed by atoms with Crippen molar-refractivity contribution in [3.8, 4) is 0 Å². The predicted molar refractivity (Wildman–Crippen MR) is 62.3 cm³/mol. The van der Waals surface area contributed by atoms with Crippen LogP contribution in [0, 0.1) is 0 Å². The van der Waals surface area contributed by atoms with Gasteiger partial charge < -0.3 is 14.8 Å². The highest BCUT2D eigenvalue weighted by molar-refractivity contribution is 5.70. The van der Waals surface area contributed by atoms with Gasteiger partial charge in [0, 0.05) is 19.2 Å². The van der Waals surface area contributed by atoms with Crippen molar-refractivity contribution in [2.75, 3.05) is 13.7 Å². The molecule has 0 spiro atoms. The molecule has 0 bridgehead atoms. The Labute approximate surface area is 97.7 Å². The first-order valence-corrected chi connectivity index (χ1v) is 6.11.